The average molecular weight is 239 g/mol. The Morgan fingerprint density at radius 2 is 2.13 bits per heavy atom. The van der Waals surface area contributed by atoms with Gasteiger partial charge in [-0.15, -0.1) is 0 Å². The lowest BCUT2D eigenvalue weighted by Gasteiger charge is -2.12. The first-order valence-electron chi connectivity index (χ1n) is 4.59. The number of esters is 1. The summed E-state index contributed by atoms with van der Waals surface area (Å²) < 4.78 is 29.2. The van der Waals surface area contributed by atoms with E-state index < -0.39 is 21.7 Å². The summed E-state index contributed by atoms with van der Waals surface area (Å²) in [5.74, 6) is -1.47. The Bertz CT molecular complexity index is 287. The molecule has 0 spiro atoms. The van der Waals surface area contributed by atoms with Crippen LogP contribution in [0.1, 0.15) is 19.8 Å². The van der Waals surface area contributed by atoms with E-state index in [-0.39, 0.29) is 12.6 Å². The highest BCUT2D eigenvalue weighted by Crippen LogP contribution is 1.98. The van der Waals surface area contributed by atoms with Gasteiger partial charge in [-0.05, 0) is 19.8 Å². The van der Waals surface area contributed by atoms with E-state index >= 15 is 0 Å². The third kappa shape index (κ3) is 7.29. The van der Waals surface area contributed by atoms with Crippen LogP contribution in [0.5, 0.6) is 0 Å². The van der Waals surface area contributed by atoms with Crippen LogP contribution < -0.4 is 4.72 Å². The van der Waals surface area contributed by atoms with Gasteiger partial charge in [0, 0.05) is 12.6 Å². The van der Waals surface area contributed by atoms with Crippen LogP contribution in [0.15, 0.2) is 0 Å². The van der Waals surface area contributed by atoms with Gasteiger partial charge in [-0.25, -0.2) is 13.1 Å². The van der Waals surface area contributed by atoms with Crippen LogP contribution in [-0.2, 0) is 19.6 Å². The van der Waals surface area contributed by atoms with Gasteiger partial charge in [0.2, 0.25) is 10.0 Å². The van der Waals surface area contributed by atoms with Crippen molar-refractivity contribution in [2.45, 2.75) is 25.8 Å². The highest BCUT2D eigenvalue weighted by molar-refractivity contribution is 7.90. The van der Waals surface area contributed by atoms with Crippen molar-refractivity contribution < 1.29 is 23.1 Å². The first-order chi connectivity index (χ1) is 6.91. The number of hydrogen-bond donors (Lipinski definition) is 2. The summed E-state index contributed by atoms with van der Waals surface area (Å²) in [6.07, 6.45) is 1.04. The van der Waals surface area contributed by atoms with Gasteiger partial charge in [-0.3, -0.25) is 4.79 Å². The van der Waals surface area contributed by atoms with E-state index in [1.54, 1.807) is 6.92 Å². The second-order valence-corrected chi connectivity index (χ2v) is 4.97. The van der Waals surface area contributed by atoms with Gasteiger partial charge < -0.3 is 9.84 Å². The molecule has 0 aromatic heterocycles. The minimum atomic E-state index is -3.63. The van der Waals surface area contributed by atoms with Gasteiger partial charge in [0.05, 0.1) is 7.11 Å². The molecule has 90 valence electrons. The molecule has 0 rings (SSSR count). The Hall–Kier alpha value is -0.660. The summed E-state index contributed by atoms with van der Waals surface area (Å²) in [4.78, 5) is 10.7. The van der Waals surface area contributed by atoms with E-state index in [9.17, 15) is 13.2 Å². The molecule has 0 saturated heterocycles. The molecule has 0 radical (unpaired) electrons. The second-order valence-electron chi connectivity index (χ2n) is 3.22. The van der Waals surface area contributed by atoms with Crippen molar-refractivity contribution in [1.29, 1.82) is 0 Å². The summed E-state index contributed by atoms with van der Waals surface area (Å²) in [6, 6.07) is -0.299. The minimum Gasteiger partial charge on any atom is -0.468 e. The monoisotopic (exact) mass is 239 g/mol. The Balaban J connectivity index is 4.08. The zero-order valence-corrected chi connectivity index (χ0v) is 9.71. The van der Waals surface area contributed by atoms with Crippen molar-refractivity contribution in [2.24, 2.45) is 0 Å². The lowest BCUT2D eigenvalue weighted by Crippen LogP contribution is -2.36. The predicted molar refractivity (Wildman–Crippen MR) is 54.7 cm³/mol. The number of aliphatic hydroxyl groups is 1. The van der Waals surface area contributed by atoms with E-state index in [0.29, 0.717) is 12.8 Å². The maximum atomic E-state index is 11.3. The molecule has 0 aliphatic carbocycles. The first kappa shape index (κ1) is 14.3. The molecule has 6 nitrogen and oxygen atoms in total. The number of rotatable bonds is 7. The molecule has 0 saturated carbocycles. The average Bonchev–Trinajstić information content (AvgIpc) is 2.12. The van der Waals surface area contributed by atoms with Gasteiger partial charge >= 0.3 is 5.97 Å². The van der Waals surface area contributed by atoms with Crippen LogP contribution in [0.3, 0.4) is 0 Å². The molecule has 2 N–H and O–H groups in total. The summed E-state index contributed by atoms with van der Waals surface area (Å²) in [5.41, 5.74) is 0. The van der Waals surface area contributed by atoms with Crippen molar-refractivity contribution >= 4 is 16.0 Å². The quantitative estimate of drug-likeness (QED) is 0.570. The zero-order chi connectivity index (χ0) is 11.9. The molecule has 1 atom stereocenters. The lowest BCUT2D eigenvalue weighted by molar-refractivity contribution is -0.137. The number of carbonyl (C=O) groups excluding carboxylic acids is 1. The molecule has 1 unspecified atom stereocenters. The maximum absolute atomic E-state index is 11.3. The van der Waals surface area contributed by atoms with Crippen LogP contribution in [-0.4, -0.2) is 45.0 Å². The molecule has 15 heavy (non-hydrogen) atoms. The third-order valence-corrected chi connectivity index (χ3v) is 3.09. The van der Waals surface area contributed by atoms with Crippen molar-refractivity contribution in [3.63, 3.8) is 0 Å². The van der Waals surface area contributed by atoms with Crippen molar-refractivity contribution in [3.8, 4) is 0 Å². The van der Waals surface area contributed by atoms with E-state index in [1.807, 2.05) is 0 Å². The van der Waals surface area contributed by atoms with Gasteiger partial charge in [-0.1, -0.05) is 0 Å². The standard InChI is InChI=1S/C8H17NO5S/c1-7(4-3-5-10)9-15(12,13)6-8(11)14-2/h7,9-10H,3-6H2,1-2H3. The third-order valence-electron chi connectivity index (χ3n) is 1.71. The van der Waals surface area contributed by atoms with Crippen LogP contribution >= 0.6 is 0 Å². The van der Waals surface area contributed by atoms with Crippen molar-refractivity contribution in [2.75, 3.05) is 19.5 Å². The molecular formula is C8H17NO5S. The zero-order valence-electron chi connectivity index (χ0n) is 8.89. The Morgan fingerprint density at radius 3 is 2.60 bits per heavy atom. The van der Waals surface area contributed by atoms with E-state index in [4.69, 9.17) is 5.11 Å². The fourth-order valence-corrected chi connectivity index (χ4v) is 2.26. The second kappa shape index (κ2) is 6.76. The summed E-state index contributed by atoms with van der Waals surface area (Å²) in [5, 5.41) is 8.55. The van der Waals surface area contributed by atoms with Gasteiger partial charge in [0.25, 0.3) is 0 Å². The molecule has 7 heteroatoms. The van der Waals surface area contributed by atoms with Crippen molar-refractivity contribution in [1.82, 2.24) is 4.72 Å². The summed E-state index contributed by atoms with van der Waals surface area (Å²) in [6.45, 7) is 1.69. The number of ether oxygens (including phenoxy) is 1. The summed E-state index contributed by atoms with van der Waals surface area (Å²) >= 11 is 0. The van der Waals surface area contributed by atoms with Gasteiger partial charge in [-0.2, -0.15) is 0 Å². The molecule has 0 amide bonds. The minimum absolute atomic E-state index is 0.0169. The fraction of sp³-hybridized carbons (Fsp3) is 0.875. The molecular weight excluding hydrogens is 222 g/mol. The fourth-order valence-electron chi connectivity index (χ4n) is 1.02. The van der Waals surface area contributed by atoms with E-state index in [1.165, 1.54) is 0 Å². The molecule has 0 aromatic carbocycles. The van der Waals surface area contributed by atoms with Crippen LogP contribution in [0.4, 0.5) is 0 Å². The first-order valence-corrected chi connectivity index (χ1v) is 6.24. The van der Waals surface area contributed by atoms with E-state index in [2.05, 4.69) is 9.46 Å². The van der Waals surface area contributed by atoms with Crippen LogP contribution in [0.2, 0.25) is 0 Å². The molecule has 0 aliphatic rings. The van der Waals surface area contributed by atoms with Crippen LogP contribution in [0.25, 0.3) is 0 Å². The highest BCUT2D eigenvalue weighted by Gasteiger charge is 2.18. The number of carbonyl (C=O) groups is 1. The van der Waals surface area contributed by atoms with E-state index in [0.717, 1.165) is 7.11 Å². The lowest BCUT2D eigenvalue weighted by atomic mass is 10.2. The SMILES string of the molecule is COC(=O)CS(=O)(=O)NC(C)CCCO. The van der Waals surface area contributed by atoms with Crippen LogP contribution in [0, 0.1) is 0 Å². The molecule has 0 aliphatic heterocycles. The smallest absolute Gasteiger partial charge is 0.322 e. The Morgan fingerprint density at radius 1 is 1.53 bits per heavy atom. The maximum Gasteiger partial charge on any atom is 0.322 e. The molecule has 0 fully saturated rings. The number of hydrogen-bond acceptors (Lipinski definition) is 5. The highest BCUT2D eigenvalue weighted by atomic mass is 32.2. The number of nitrogens with one attached hydrogen (secondary N) is 1. The molecule has 0 aromatic rings. The Kier molecular flexibility index (Phi) is 6.46. The Labute approximate surface area is 89.7 Å². The number of methoxy groups -OCH3 is 1. The normalized spacial score (nSPS) is 13.5. The van der Waals surface area contributed by atoms with Gasteiger partial charge in [0.1, 0.15) is 0 Å². The topological polar surface area (TPSA) is 92.7 Å². The molecule has 0 heterocycles. The number of sulfonamides is 1. The van der Waals surface area contributed by atoms with Crippen molar-refractivity contribution in [3.05, 3.63) is 0 Å². The number of aliphatic hydroxyl groups excluding tert-OH is 1. The molecule has 0 bridgehead atoms. The largest absolute Gasteiger partial charge is 0.468 e. The predicted octanol–water partition coefficient (Wildman–Crippen LogP) is -0.760. The summed E-state index contributed by atoms with van der Waals surface area (Å²) in [7, 11) is -2.50. The van der Waals surface area contributed by atoms with Gasteiger partial charge in [0.15, 0.2) is 5.75 Å².